The number of carbonyl (C=O) groups excluding carboxylic acids is 1. The molecule has 3 aromatic rings. The summed E-state index contributed by atoms with van der Waals surface area (Å²) in [6.45, 7) is 1.65. The number of aromatic nitrogens is 4. The molecular formula is C17H19N7O3. The third kappa shape index (κ3) is 2.99. The predicted octanol–water partition coefficient (Wildman–Crippen LogP) is -0.00990. The van der Waals surface area contributed by atoms with Crippen molar-refractivity contribution < 1.29 is 9.53 Å². The van der Waals surface area contributed by atoms with Crippen molar-refractivity contribution in [2.75, 3.05) is 25.5 Å². The van der Waals surface area contributed by atoms with Gasteiger partial charge in [-0.2, -0.15) is 4.98 Å². The quantitative estimate of drug-likeness (QED) is 0.496. The van der Waals surface area contributed by atoms with Crippen molar-refractivity contribution in [3.8, 4) is 11.4 Å². The molecule has 5 N–H and O–H groups in total. The van der Waals surface area contributed by atoms with Gasteiger partial charge in [-0.1, -0.05) is 12.1 Å². The molecule has 27 heavy (non-hydrogen) atoms. The fourth-order valence-corrected chi connectivity index (χ4v) is 3.23. The topological polar surface area (TPSA) is 140 Å². The second kappa shape index (κ2) is 6.72. The average molecular weight is 369 g/mol. The first kappa shape index (κ1) is 17.0. The number of H-pyrrole nitrogens is 1. The normalized spacial score (nSPS) is 16.6. The highest BCUT2D eigenvalue weighted by Gasteiger charge is 2.22. The Morgan fingerprint density at radius 2 is 2.19 bits per heavy atom. The minimum absolute atomic E-state index is 0.0424. The smallest absolute Gasteiger partial charge is 0.332 e. The van der Waals surface area contributed by atoms with Crippen LogP contribution < -0.4 is 26.8 Å². The van der Waals surface area contributed by atoms with E-state index in [4.69, 9.17) is 10.5 Å². The Morgan fingerprint density at radius 3 is 2.89 bits per heavy atom. The summed E-state index contributed by atoms with van der Waals surface area (Å²) in [5, 5.41) is 6.43. The van der Waals surface area contributed by atoms with Crippen LogP contribution in [0.15, 0.2) is 29.1 Å². The van der Waals surface area contributed by atoms with Gasteiger partial charge in [0.25, 0.3) is 5.91 Å². The molecule has 10 heteroatoms. The maximum absolute atomic E-state index is 12.6. The van der Waals surface area contributed by atoms with E-state index in [1.54, 1.807) is 24.3 Å². The number of para-hydroxylation sites is 2. The number of amides is 1. The van der Waals surface area contributed by atoms with Crippen LogP contribution >= 0.6 is 0 Å². The van der Waals surface area contributed by atoms with E-state index in [1.807, 2.05) is 0 Å². The van der Waals surface area contributed by atoms with Crippen LogP contribution in [0.2, 0.25) is 0 Å². The first-order valence-corrected chi connectivity index (χ1v) is 8.51. The molecule has 1 aliphatic heterocycles. The van der Waals surface area contributed by atoms with Crippen LogP contribution in [0, 0.1) is 0 Å². The Kier molecular flexibility index (Phi) is 4.24. The Bertz CT molecular complexity index is 1070. The van der Waals surface area contributed by atoms with E-state index in [9.17, 15) is 9.59 Å². The largest absolute Gasteiger partial charge is 0.495 e. The number of benzene rings is 1. The lowest BCUT2D eigenvalue weighted by Gasteiger charge is -2.13. The Hall–Kier alpha value is -3.40. The van der Waals surface area contributed by atoms with Crippen LogP contribution in [-0.4, -0.2) is 51.7 Å². The molecule has 10 nitrogen and oxygen atoms in total. The number of nitrogens with two attached hydrogens (primary N) is 1. The summed E-state index contributed by atoms with van der Waals surface area (Å²) in [4.78, 5) is 35.9. The molecule has 0 bridgehead atoms. The predicted molar refractivity (Wildman–Crippen MR) is 99.5 cm³/mol. The van der Waals surface area contributed by atoms with E-state index in [-0.39, 0.29) is 28.8 Å². The number of methoxy groups -OCH3 is 1. The standard InChI is InChI=1S/C17H19N7O3/c1-27-11-5-3-2-4-10(11)24-15-13(22-17(24)26)12(14(18)25)21-16(23-15)20-9-6-7-19-8-9/h2-5,9,19H,6-8H2,1H3,(H2,18,25)(H,22,26)(H,20,21,23)/t9-/m0/s1. The number of imidazole rings is 1. The Labute approximate surface area is 153 Å². The van der Waals surface area contributed by atoms with E-state index < -0.39 is 11.6 Å². The van der Waals surface area contributed by atoms with Crippen molar-refractivity contribution in [2.24, 2.45) is 5.73 Å². The van der Waals surface area contributed by atoms with E-state index in [1.165, 1.54) is 11.7 Å². The first-order chi connectivity index (χ1) is 13.1. The highest BCUT2D eigenvalue weighted by molar-refractivity contribution is 6.02. The number of hydrogen-bond donors (Lipinski definition) is 4. The second-order valence-electron chi connectivity index (χ2n) is 6.23. The molecule has 4 rings (SSSR count). The van der Waals surface area contributed by atoms with Crippen molar-refractivity contribution in [3.63, 3.8) is 0 Å². The fourth-order valence-electron chi connectivity index (χ4n) is 3.23. The summed E-state index contributed by atoms with van der Waals surface area (Å²) in [5.41, 5.74) is 5.92. The van der Waals surface area contributed by atoms with Crippen LogP contribution in [0.25, 0.3) is 16.9 Å². The summed E-state index contributed by atoms with van der Waals surface area (Å²) in [5.74, 6) is -0.00897. The van der Waals surface area contributed by atoms with E-state index in [0.717, 1.165) is 19.5 Å². The molecule has 1 atom stereocenters. The Morgan fingerprint density at radius 1 is 1.37 bits per heavy atom. The molecule has 0 saturated carbocycles. The zero-order valence-corrected chi connectivity index (χ0v) is 14.7. The minimum atomic E-state index is -0.747. The van der Waals surface area contributed by atoms with Crippen molar-refractivity contribution in [1.29, 1.82) is 0 Å². The molecule has 1 aliphatic rings. The summed E-state index contributed by atoms with van der Waals surface area (Å²) in [7, 11) is 1.52. The van der Waals surface area contributed by atoms with Gasteiger partial charge in [0.05, 0.1) is 12.8 Å². The van der Waals surface area contributed by atoms with E-state index in [0.29, 0.717) is 11.4 Å². The molecule has 1 amide bonds. The molecule has 0 aliphatic carbocycles. The van der Waals surface area contributed by atoms with Crippen LogP contribution in [0.5, 0.6) is 5.75 Å². The number of fused-ring (bicyclic) bond motifs is 1. The zero-order chi connectivity index (χ0) is 19.0. The number of nitrogens with zero attached hydrogens (tertiary/aromatic N) is 3. The van der Waals surface area contributed by atoms with Gasteiger partial charge in [-0.15, -0.1) is 0 Å². The SMILES string of the molecule is COc1ccccc1-n1c(=O)[nH]c2c(C(N)=O)nc(N[C@H]3CCNC3)nc21. The number of rotatable bonds is 5. The molecule has 1 aromatic carbocycles. The van der Waals surface area contributed by atoms with Crippen LogP contribution in [0.3, 0.4) is 0 Å². The molecule has 2 aromatic heterocycles. The highest BCUT2D eigenvalue weighted by atomic mass is 16.5. The van der Waals surface area contributed by atoms with Gasteiger partial charge in [0.15, 0.2) is 11.3 Å². The van der Waals surface area contributed by atoms with Gasteiger partial charge in [0.1, 0.15) is 11.3 Å². The molecular weight excluding hydrogens is 350 g/mol. The van der Waals surface area contributed by atoms with Crippen LogP contribution in [0.1, 0.15) is 16.9 Å². The van der Waals surface area contributed by atoms with Gasteiger partial charge in [-0.25, -0.2) is 14.3 Å². The maximum atomic E-state index is 12.6. The lowest BCUT2D eigenvalue weighted by atomic mass is 10.2. The van der Waals surface area contributed by atoms with E-state index >= 15 is 0 Å². The third-order valence-electron chi connectivity index (χ3n) is 4.49. The number of nitrogens with one attached hydrogen (secondary N) is 3. The monoisotopic (exact) mass is 369 g/mol. The molecule has 1 fully saturated rings. The fraction of sp³-hybridized carbons (Fsp3) is 0.294. The van der Waals surface area contributed by atoms with Gasteiger partial charge in [-0.3, -0.25) is 4.79 Å². The summed E-state index contributed by atoms with van der Waals surface area (Å²) < 4.78 is 6.70. The summed E-state index contributed by atoms with van der Waals surface area (Å²) in [6.07, 6.45) is 0.903. The number of anilines is 1. The van der Waals surface area contributed by atoms with Gasteiger partial charge < -0.3 is 26.1 Å². The number of carbonyl (C=O) groups is 1. The van der Waals surface area contributed by atoms with E-state index in [2.05, 4.69) is 25.6 Å². The van der Waals surface area contributed by atoms with Gasteiger partial charge in [0.2, 0.25) is 5.95 Å². The van der Waals surface area contributed by atoms with Crippen molar-refractivity contribution in [3.05, 3.63) is 40.4 Å². The van der Waals surface area contributed by atoms with Gasteiger partial charge in [-0.05, 0) is 25.1 Å². The summed E-state index contributed by atoms with van der Waals surface area (Å²) in [6, 6.07) is 7.18. The van der Waals surface area contributed by atoms with Crippen molar-refractivity contribution >= 4 is 23.0 Å². The summed E-state index contributed by atoms with van der Waals surface area (Å²) >= 11 is 0. The second-order valence-corrected chi connectivity index (χ2v) is 6.23. The third-order valence-corrected chi connectivity index (χ3v) is 4.49. The first-order valence-electron chi connectivity index (χ1n) is 8.51. The van der Waals surface area contributed by atoms with Crippen LogP contribution in [0.4, 0.5) is 5.95 Å². The Balaban J connectivity index is 1.94. The minimum Gasteiger partial charge on any atom is -0.495 e. The maximum Gasteiger partial charge on any atom is 0.332 e. The number of primary amides is 1. The molecule has 3 heterocycles. The highest BCUT2D eigenvalue weighted by Crippen LogP contribution is 2.25. The molecule has 140 valence electrons. The van der Waals surface area contributed by atoms with Crippen molar-refractivity contribution in [1.82, 2.24) is 24.8 Å². The lowest BCUT2D eigenvalue weighted by molar-refractivity contribution is 0.0997. The van der Waals surface area contributed by atoms with Gasteiger partial charge >= 0.3 is 5.69 Å². The van der Waals surface area contributed by atoms with Gasteiger partial charge in [0, 0.05) is 12.6 Å². The zero-order valence-electron chi connectivity index (χ0n) is 14.7. The molecule has 0 spiro atoms. The number of hydrogen-bond acceptors (Lipinski definition) is 7. The molecule has 0 radical (unpaired) electrons. The van der Waals surface area contributed by atoms with Crippen molar-refractivity contribution in [2.45, 2.75) is 12.5 Å². The number of aromatic amines is 1. The van der Waals surface area contributed by atoms with Crippen LogP contribution in [-0.2, 0) is 0 Å². The molecule has 0 unspecified atom stereocenters. The lowest BCUT2D eigenvalue weighted by Crippen LogP contribution is -2.24. The average Bonchev–Trinajstić information content (AvgIpc) is 3.28. The molecule has 1 saturated heterocycles. The number of ether oxygens (including phenoxy) is 1.